The lowest BCUT2D eigenvalue weighted by Crippen LogP contribution is -2.41. The lowest BCUT2D eigenvalue weighted by Gasteiger charge is -2.34. The summed E-state index contributed by atoms with van der Waals surface area (Å²) in [7, 11) is 3.68. The third kappa shape index (κ3) is 5.40. The van der Waals surface area contributed by atoms with E-state index >= 15 is 0 Å². The average Bonchev–Trinajstić information content (AvgIpc) is 2.72. The third-order valence-electron chi connectivity index (χ3n) is 5.40. The van der Waals surface area contributed by atoms with Crippen LogP contribution in [0.2, 0.25) is 0 Å². The Kier molecular flexibility index (Phi) is 7.34. The SMILES string of the molecule is CSc1ccccc1NC(=O)CN(C)CC(=O)N(C)[C@H]1CCCc2ccccc21. The van der Waals surface area contributed by atoms with Crippen LogP contribution in [0.3, 0.4) is 0 Å². The minimum absolute atomic E-state index is 0.0338. The molecule has 0 spiro atoms. The Labute approximate surface area is 177 Å². The zero-order valence-electron chi connectivity index (χ0n) is 17.4. The van der Waals surface area contributed by atoms with Crippen molar-refractivity contribution in [2.45, 2.75) is 30.2 Å². The lowest BCUT2D eigenvalue weighted by atomic mass is 9.87. The molecule has 0 radical (unpaired) electrons. The van der Waals surface area contributed by atoms with Gasteiger partial charge in [-0.1, -0.05) is 36.4 Å². The predicted molar refractivity (Wildman–Crippen MR) is 119 cm³/mol. The summed E-state index contributed by atoms with van der Waals surface area (Å²) in [6.45, 7) is 0.385. The summed E-state index contributed by atoms with van der Waals surface area (Å²) in [5, 5.41) is 2.94. The van der Waals surface area contributed by atoms with Crippen molar-refractivity contribution < 1.29 is 9.59 Å². The minimum Gasteiger partial charge on any atom is -0.338 e. The molecule has 1 atom stereocenters. The van der Waals surface area contributed by atoms with Gasteiger partial charge in [0.25, 0.3) is 0 Å². The highest BCUT2D eigenvalue weighted by Crippen LogP contribution is 2.33. The molecule has 3 rings (SSSR count). The summed E-state index contributed by atoms with van der Waals surface area (Å²) >= 11 is 1.59. The Hall–Kier alpha value is -2.31. The van der Waals surface area contributed by atoms with E-state index in [9.17, 15) is 9.59 Å². The van der Waals surface area contributed by atoms with E-state index in [1.807, 2.05) is 48.5 Å². The van der Waals surface area contributed by atoms with E-state index in [4.69, 9.17) is 0 Å². The van der Waals surface area contributed by atoms with Crippen LogP contribution in [-0.2, 0) is 16.0 Å². The molecule has 154 valence electrons. The molecule has 0 unspecified atom stereocenters. The van der Waals surface area contributed by atoms with Crippen LogP contribution in [0.15, 0.2) is 53.4 Å². The summed E-state index contributed by atoms with van der Waals surface area (Å²) in [6, 6.07) is 16.2. The largest absolute Gasteiger partial charge is 0.338 e. The number of amides is 2. The highest BCUT2D eigenvalue weighted by molar-refractivity contribution is 7.98. The quantitative estimate of drug-likeness (QED) is 0.704. The fraction of sp³-hybridized carbons (Fsp3) is 0.391. The van der Waals surface area contributed by atoms with Crippen molar-refractivity contribution in [1.29, 1.82) is 0 Å². The predicted octanol–water partition coefficient (Wildman–Crippen LogP) is 3.81. The van der Waals surface area contributed by atoms with Crippen molar-refractivity contribution in [3.05, 3.63) is 59.7 Å². The molecule has 1 aliphatic rings. The first-order valence-corrected chi connectivity index (χ1v) is 11.2. The van der Waals surface area contributed by atoms with Gasteiger partial charge in [0.2, 0.25) is 11.8 Å². The maximum absolute atomic E-state index is 12.9. The number of carbonyl (C=O) groups is 2. The maximum atomic E-state index is 12.9. The number of carbonyl (C=O) groups excluding carboxylic acids is 2. The molecule has 29 heavy (non-hydrogen) atoms. The molecule has 2 aromatic rings. The van der Waals surface area contributed by atoms with E-state index in [0.717, 1.165) is 29.8 Å². The fourth-order valence-corrected chi connectivity index (χ4v) is 4.44. The molecule has 1 aliphatic carbocycles. The highest BCUT2D eigenvalue weighted by atomic mass is 32.2. The van der Waals surface area contributed by atoms with Crippen LogP contribution in [0.5, 0.6) is 0 Å². The van der Waals surface area contributed by atoms with Crippen LogP contribution >= 0.6 is 11.8 Å². The van der Waals surface area contributed by atoms with E-state index in [1.54, 1.807) is 23.7 Å². The number of anilines is 1. The zero-order valence-corrected chi connectivity index (χ0v) is 18.2. The molecule has 0 heterocycles. The number of nitrogens with one attached hydrogen (secondary N) is 1. The van der Waals surface area contributed by atoms with Crippen molar-refractivity contribution in [3.63, 3.8) is 0 Å². The van der Waals surface area contributed by atoms with E-state index < -0.39 is 0 Å². The van der Waals surface area contributed by atoms with Crippen LogP contribution in [0.1, 0.15) is 30.0 Å². The Morgan fingerprint density at radius 2 is 1.79 bits per heavy atom. The van der Waals surface area contributed by atoms with Crippen LogP contribution < -0.4 is 5.32 Å². The monoisotopic (exact) mass is 411 g/mol. The fourth-order valence-electron chi connectivity index (χ4n) is 3.89. The van der Waals surface area contributed by atoms with Gasteiger partial charge in [-0.25, -0.2) is 0 Å². The van der Waals surface area contributed by atoms with Crippen LogP contribution in [-0.4, -0.2) is 55.1 Å². The molecule has 2 amide bonds. The standard InChI is InChI=1S/C23H29N3O2S/c1-25(15-22(27)24-19-12-6-7-14-21(19)29-3)16-23(28)26(2)20-13-8-10-17-9-4-5-11-18(17)20/h4-7,9,11-12,14,20H,8,10,13,15-16H2,1-3H3,(H,24,27)/t20-/m0/s1. The number of nitrogens with zero attached hydrogens (tertiary/aromatic N) is 2. The Bertz CT molecular complexity index is 871. The highest BCUT2D eigenvalue weighted by Gasteiger charge is 2.27. The van der Waals surface area contributed by atoms with Crippen LogP contribution in [0, 0.1) is 0 Å². The van der Waals surface area contributed by atoms with E-state index in [0.29, 0.717) is 0 Å². The number of para-hydroxylation sites is 1. The number of hydrogen-bond acceptors (Lipinski definition) is 4. The molecule has 0 saturated carbocycles. The molecular formula is C23H29N3O2S. The van der Waals surface area contributed by atoms with Gasteiger partial charge in [0.15, 0.2) is 0 Å². The minimum atomic E-state index is -0.118. The molecule has 1 N–H and O–H groups in total. The molecule has 0 aromatic heterocycles. The maximum Gasteiger partial charge on any atom is 0.238 e. The number of fused-ring (bicyclic) bond motifs is 1. The van der Waals surface area contributed by atoms with Gasteiger partial charge in [-0.15, -0.1) is 11.8 Å². The van der Waals surface area contributed by atoms with Gasteiger partial charge < -0.3 is 10.2 Å². The number of hydrogen-bond donors (Lipinski definition) is 1. The second kappa shape index (κ2) is 9.94. The molecule has 0 fully saturated rings. The first-order chi connectivity index (χ1) is 14.0. The van der Waals surface area contributed by atoms with Crippen LogP contribution in [0.25, 0.3) is 0 Å². The smallest absolute Gasteiger partial charge is 0.238 e. The Morgan fingerprint density at radius 1 is 1.07 bits per heavy atom. The molecule has 0 aliphatic heterocycles. The second-order valence-corrected chi connectivity index (χ2v) is 8.38. The summed E-state index contributed by atoms with van der Waals surface area (Å²) in [4.78, 5) is 29.9. The topological polar surface area (TPSA) is 52.7 Å². The Morgan fingerprint density at radius 3 is 2.59 bits per heavy atom. The number of aryl methyl sites for hydroxylation is 1. The summed E-state index contributed by atoms with van der Waals surface area (Å²) in [6.07, 6.45) is 5.13. The van der Waals surface area contributed by atoms with Gasteiger partial charge in [-0.05, 0) is 55.8 Å². The second-order valence-electron chi connectivity index (χ2n) is 7.53. The van der Waals surface area contributed by atoms with Gasteiger partial charge in [-0.3, -0.25) is 14.5 Å². The van der Waals surface area contributed by atoms with Crippen molar-refractivity contribution in [2.75, 3.05) is 38.8 Å². The number of likely N-dealkylation sites (N-methyl/N-ethyl adjacent to an activating group) is 2. The zero-order chi connectivity index (χ0) is 20.8. The number of benzene rings is 2. The summed E-state index contributed by atoms with van der Waals surface area (Å²) in [5.41, 5.74) is 3.40. The van der Waals surface area contributed by atoms with Crippen LogP contribution in [0.4, 0.5) is 5.69 Å². The van der Waals surface area contributed by atoms with Gasteiger partial charge in [0.05, 0.1) is 24.8 Å². The average molecular weight is 412 g/mol. The molecule has 2 aromatic carbocycles. The summed E-state index contributed by atoms with van der Waals surface area (Å²) < 4.78 is 0. The lowest BCUT2D eigenvalue weighted by molar-refractivity contribution is -0.133. The van der Waals surface area contributed by atoms with Crippen molar-refractivity contribution in [2.24, 2.45) is 0 Å². The number of thioether (sulfide) groups is 1. The molecule has 0 saturated heterocycles. The molecule has 6 heteroatoms. The molecule has 0 bridgehead atoms. The first kappa shape index (κ1) is 21.4. The normalized spacial score (nSPS) is 15.7. The van der Waals surface area contributed by atoms with Gasteiger partial charge in [0, 0.05) is 11.9 Å². The molecule has 5 nitrogen and oxygen atoms in total. The first-order valence-electron chi connectivity index (χ1n) is 9.94. The van der Waals surface area contributed by atoms with Crippen molar-refractivity contribution in [1.82, 2.24) is 9.80 Å². The van der Waals surface area contributed by atoms with Crippen molar-refractivity contribution in [3.8, 4) is 0 Å². The summed E-state index contributed by atoms with van der Waals surface area (Å²) in [5.74, 6) is -0.0843. The van der Waals surface area contributed by atoms with E-state index in [1.165, 1.54) is 11.1 Å². The number of rotatable bonds is 7. The Balaban J connectivity index is 1.56. The van der Waals surface area contributed by atoms with E-state index in [2.05, 4.69) is 23.5 Å². The third-order valence-corrected chi connectivity index (χ3v) is 6.19. The van der Waals surface area contributed by atoms with Gasteiger partial charge in [0.1, 0.15) is 0 Å². The van der Waals surface area contributed by atoms with E-state index in [-0.39, 0.29) is 30.9 Å². The van der Waals surface area contributed by atoms with Gasteiger partial charge >= 0.3 is 0 Å². The molecular weight excluding hydrogens is 382 g/mol. The van der Waals surface area contributed by atoms with Gasteiger partial charge in [-0.2, -0.15) is 0 Å². The van der Waals surface area contributed by atoms with Crippen molar-refractivity contribution >= 4 is 29.3 Å².